The predicted molar refractivity (Wildman–Crippen MR) is 75.2 cm³/mol. The lowest BCUT2D eigenvalue weighted by atomic mass is 10.1. The van der Waals surface area contributed by atoms with E-state index in [2.05, 4.69) is 0 Å². The number of carboxylic acid groups (broad SMARTS) is 1. The van der Waals surface area contributed by atoms with Gasteiger partial charge in [0.2, 0.25) is 0 Å². The molecule has 0 radical (unpaired) electrons. The highest BCUT2D eigenvalue weighted by atomic mass is 16.5. The van der Waals surface area contributed by atoms with Crippen molar-refractivity contribution in [2.24, 2.45) is 0 Å². The van der Waals surface area contributed by atoms with Gasteiger partial charge in [-0.2, -0.15) is 0 Å². The predicted octanol–water partition coefficient (Wildman–Crippen LogP) is 1.02. The molecule has 0 spiro atoms. The lowest BCUT2D eigenvalue weighted by Crippen LogP contribution is -2.43. The summed E-state index contributed by atoms with van der Waals surface area (Å²) in [5.41, 5.74) is 0. The Kier molecular flexibility index (Phi) is 8.41. The average molecular weight is 290 g/mol. The van der Waals surface area contributed by atoms with Crippen LogP contribution in [0.2, 0.25) is 0 Å². The third-order valence-electron chi connectivity index (χ3n) is 2.84. The van der Waals surface area contributed by atoms with Crippen LogP contribution in [0.15, 0.2) is 0 Å². The van der Waals surface area contributed by atoms with Crippen LogP contribution in [0.1, 0.15) is 39.0 Å². The molecular weight excluding hydrogens is 262 g/mol. The fourth-order valence-electron chi connectivity index (χ4n) is 1.88. The molecule has 0 aromatic heterocycles. The minimum absolute atomic E-state index is 0.182. The summed E-state index contributed by atoms with van der Waals surface area (Å²) < 4.78 is 5.76. The third-order valence-corrected chi connectivity index (χ3v) is 2.84. The number of aliphatic carboxylic acids is 1. The van der Waals surface area contributed by atoms with Crippen LogP contribution in [0.3, 0.4) is 0 Å². The molecule has 0 rings (SSSR count). The minimum atomic E-state index is -0.974. The summed E-state index contributed by atoms with van der Waals surface area (Å²) in [6.45, 7) is 2.34. The van der Waals surface area contributed by atoms with E-state index < -0.39 is 18.0 Å². The van der Waals surface area contributed by atoms with Gasteiger partial charge >= 0.3 is 11.9 Å². The van der Waals surface area contributed by atoms with Gasteiger partial charge in [0.15, 0.2) is 6.10 Å². The summed E-state index contributed by atoms with van der Waals surface area (Å²) in [6.07, 6.45) is 0.809. The van der Waals surface area contributed by atoms with Crippen LogP contribution < -0.4 is 0 Å². The number of carbonyl (C=O) groups excluding carboxylic acids is 1. The first-order chi connectivity index (χ1) is 9.14. The van der Waals surface area contributed by atoms with Gasteiger partial charge in [-0.05, 0) is 19.3 Å². The van der Waals surface area contributed by atoms with Crippen LogP contribution in [0.25, 0.3) is 0 Å². The monoisotopic (exact) mass is 290 g/mol. The van der Waals surface area contributed by atoms with Crippen LogP contribution in [0.4, 0.5) is 0 Å². The molecule has 118 valence electrons. The van der Waals surface area contributed by atoms with E-state index >= 15 is 0 Å². The summed E-state index contributed by atoms with van der Waals surface area (Å²) >= 11 is 0. The number of hydrogen-bond donors (Lipinski definition) is 2. The van der Waals surface area contributed by atoms with E-state index in [-0.39, 0.29) is 18.9 Å². The third kappa shape index (κ3) is 10.8. The van der Waals surface area contributed by atoms with E-state index in [0.29, 0.717) is 30.3 Å². The van der Waals surface area contributed by atoms with Crippen molar-refractivity contribution in [1.29, 1.82) is 0 Å². The van der Waals surface area contributed by atoms with Gasteiger partial charge in [0.25, 0.3) is 0 Å². The first-order valence-corrected chi connectivity index (χ1v) is 7.03. The maximum Gasteiger partial charge on any atom is 0.307 e. The zero-order valence-electron chi connectivity index (χ0n) is 13.0. The smallest absolute Gasteiger partial charge is 0.307 e. The van der Waals surface area contributed by atoms with Gasteiger partial charge in [-0.15, -0.1) is 0 Å². The molecule has 0 saturated heterocycles. The molecule has 0 bridgehead atoms. The standard InChI is InChI=1S/C14H27NO5/c1-5-11(16)7-6-8-14(19)20-12(9-13(17)18)10-15(2,3)4/h11-12,16H,5-10H2,1-4H3/p+1. The van der Waals surface area contributed by atoms with E-state index in [0.717, 1.165) is 0 Å². The lowest BCUT2D eigenvalue weighted by Gasteiger charge is -2.28. The molecule has 2 atom stereocenters. The van der Waals surface area contributed by atoms with E-state index in [1.165, 1.54) is 0 Å². The summed E-state index contributed by atoms with van der Waals surface area (Å²) in [7, 11) is 5.75. The molecule has 0 fully saturated rings. The molecule has 0 aliphatic carbocycles. The van der Waals surface area contributed by atoms with Gasteiger partial charge in [0.05, 0.1) is 33.7 Å². The summed E-state index contributed by atoms with van der Waals surface area (Å²) in [5.74, 6) is -1.37. The average Bonchev–Trinajstić information content (AvgIpc) is 2.25. The fourth-order valence-corrected chi connectivity index (χ4v) is 1.88. The molecule has 6 nitrogen and oxygen atoms in total. The van der Waals surface area contributed by atoms with Crippen LogP contribution in [-0.2, 0) is 14.3 Å². The first kappa shape index (κ1) is 18.9. The van der Waals surface area contributed by atoms with E-state index in [4.69, 9.17) is 9.84 Å². The molecule has 0 aliphatic rings. The van der Waals surface area contributed by atoms with Gasteiger partial charge in [-0.1, -0.05) is 6.92 Å². The highest BCUT2D eigenvalue weighted by molar-refractivity contribution is 5.71. The molecule has 2 unspecified atom stereocenters. The van der Waals surface area contributed by atoms with E-state index in [9.17, 15) is 14.7 Å². The molecule has 20 heavy (non-hydrogen) atoms. The van der Waals surface area contributed by atoms with Gasteiger partial charge in [-0.25, -0.2) is 0 Å². The van der Waals surface area contributed by atoms with Gasteiger partial charge in [0, 0.05) is 6.42 Å². The number of nitrogens with zero attached hydrogens (tertiary/aromatic N) is 1. The Morgan fingerprint density at radius 3 is 2.30 bits per heavy atom. The number of likely N-dealkylation sites (N-methyl/N-ethyl adjacent to an activating group) is 1. The van der Waals surface area contributed by atoms with Crippen molar-refractivity contribution in [2.45, 2.75) is 51.2 Å². The first-order valence-electron chi connectivity index (χ1n) is 7.03. The Morgan fingerprint density at radius 2 is 1.85 bits per heavy atom. The van der Waals surface area contributed by atoms with Crippen molar-refractivity contribution < 1.29 is 29.0 Å². The van der Waals surface area contributed by atoms with Gasteiger partial charge < -0.3 is 19.4 Å². The minimum Gasteiger partial charge on any atom is -0.481 e. The normalized spacial score (nSPS) is 14.7. The van der Waals surface area contributed by atoms with Crippen LogP contribution in [0.5, 0.6) is 0 Å². The van der Waals surface area contributed by atoms with Crippen LogP contribution in [0, 0.1) is 0 Å². The number of carboxylic acids is 1. The molecule has 0 aromatic carbocycles. The van der Waals surface area contributed by atoms with Crippen molar-refractivity contribution >= 4 is 11.9 Å². The number of esters is 1. The molecule has 2 N–H and O–H groups in total. The molecule has 0 saturated carbocycles. The zero-order valence-corrected chi connectivity index (χ0v) is 13.0. The van der Waals surface area contributed by atoms with Gasteiger partial charge in [0.1, 0.15) is 6.54 Å². The highest BCUT2D eigenvalue weighted by Crippen LogP contribution is 2.09. The second kappa shape index (κ2) is 8.92. The Balaban J connectivity index is 4.21. The number of carbonyl (C=O) groups is 2. The van der Waals surface area contributed by atoms with Crippen molar-refractivity contribution in [3.63, 3.8) is 0 Å². The molecular formula is C14H28NO5+. The van der Waals surface area contributed by atoms with Crippen molar-refractivity contribution in [3.05, 3.63) is 0 Å². The number of rotatable bonds is 10. The number of aliphatic hydroxyl groups is 1. The Labute approximate surface area is 120 Å². The maximum atomic E-state index is 11.7. The van der Waals surface area contributed by atoms with E-state index in [1.54, 1.807) is 0 Å². The van der Waals surface area contributed by atoms with Crippen molar-refractivity contribution in [2.75, 3.05) is 27.7 Å². The number of hydrogen-bond acceptors (Lipinski definition) is 4. The molecule has 6 heteroatoms. The number of quaternary nitrogens is 1. The maximum absolute atomic E-state index is 11.7. The Morgan fingerprint density at radius 1 is 1.25 bits per heavy atom. The molecule has 0 aliphatic heterocycles. The summed E-state index contributed by atoms with van der Waals surface area (Å²) in [6, 6.07) is 0. The topological polar surface area (TPSA) is 83.8 Å². The molecule has 0 amide bonds. The number of ether oxygens (including phenoxy) is 1. The quantitative estimate of drug-likeness (QED) is 0.463. The largest absolute Gasteiger partial charge is 0.481 e. The highest BCUT2D eigenvalue weighted by Gasteiger charge is 2.24. The molecule has 0 heterocycles. The SMILES string of the molecule is CCC(O)CCCC(=O)OC(CC(=O)O)C[N+](C)(C)C. The zero-order chi connectivity index (χ0) is 15.8. The second-order valence-corrected chi connectivity index (χ2v) is 6.14. The van der Waals surface area contributed by atoms with Gasteiger partial charge in [-0.3, -0.25) is 9.59 Å². The van der Waals surface area contributed by atoms with Crippen molar-refractivity contribution in [3.8, 4) is 0 Å². The Bertz CT molecular complexity index is 311. The Hall–Kier alpha value is -1.14. The fraction of sp³-hybridized carbons (Fsp3) is 0.857. The molecule has 0 aromatic rings. The van der Waals surface area contributed by atoms with E-state index in [1.807, 2.05) is 28.1 Å². The number of aliphatic hydroxyl groups excluding tert-OH is 1. The van der Waals surface area contributed by atoms with Crippen LogP contribution in [-0.4, -0.2) is 66.5 Å². The second-order valence-electron chi connectivity index (χ2n) is 6.14. The summed E-state index contributed by atoms with van der Waals surface area (Å²) in [5, 5.41) is 18.2. The van der Waals surface area contributed by atoms with Crippen LogP contribution >= 0.6 is 0 Å². The lowest BCUT2D eigenvalue weighted by molar-refractivity contribution is -0.873. The summed E-state index contributed by atoms with van der Waals surface area (Å²) in [4.78, 5) is 22.5. The van der Waals surface area contributed by atoms with Crippen molar-refractivity contribution in [1.82, 2.24) is 0 Å².